The second kappa shape index (κ2) is 5.56. The fourth-order valence-corrected chi connectivity index (χ4v) is 1.16. The summed E-state index contributed by atoms with van der Waals surface area (Å²) < 4.78 is 0. The largest absolute Gasteiger partial charge is 0.550 e. The molecule has 2 unspecified atom stereocenters. The Kier molecular flexibility index (Phi) is 5.11. The molecule has 0 aliphatic heterocycles. The van der Waals surface area contributed by atoms with E-state index in [1.165, 1.54) is 6.92 Å². The van der Waals surface area contributed by atoms with Crippen LogP contribution in [0.25, 0.3) is 0 Å². The molecule has 0 rings (SSSR count). The molecule has 0 heterocycles. The normalized spacial score (nSPS) is 14.9. The van der Waals surface area contributed by atoms with Crippen molar-refractivity contribution in [2.45, 2.75) is 33.1 Å². The summed E-state index contributed by atoms with van der Waals surface area (Å²) in [5.74, 6) is -4.53. The Morgan fingerprint density at radius 2 is 1.77 bits per heavy atom. The van der Waals surface area contributed by atoms with Gasteiger partial charge in [-0.25, -0.2) is 0 Å². The third kappa shape index (κ3) is 3.92. The smallest absolute Gasteiger partial charge is 0.0451 e. The van der Waals surface area contributed by atoms with Gasteiger partial charge in [-0.15, -0.1) is 0 Å². The van der Waals surface area contributed by atoms with Crippen LogP contribution in [-0.2, 0) is 9.59 Å². The van der Waals surface area contributed by atoms with Crippen LogP contribution in [0.4, 0.5) is 0 Å². The average Bonchev–Trinajstić information content (AvgIpc) is 2.04. The van der Waals surface area contributed by atoms with Crippen LogP contribution < -0.4 is 10.2 Å². The maximum atomic E-state index is 10.5. The van der Waals surface area contributed by atoms with Gasteiger partial charge in [-0.3, -0.25) is 0 Å². The first-order valence-corrected chi connectivity index (χ1v) is 4.42. The zero-order chi connectivity index (χ0) is 10.4. The SMILES string of the molecule is CCCCC(C(=O)[O-])C(C)C(=O)[O-]. The van der Waals surface area contributed by atoms with E-state index in [9.17, 15) is 19.8 Å². The summed E-state index contributed by atoms with van der Waals surface area (Å²) >= 11 is 0. The van der Waals surface area contributed by atoms with E-state index in [-0.39, 0.29) is 0 Å². The molecule has 0 saturated heterocycles. The van der Waals surface area contributed by atoms with Gasteiger partial charge in [0.15, 0.2) is 0 Å². The molecule has 0 aliphatic rings. The van der Waals surface area contributed by atoms with Crippen molar-refractivity contribution in [1.29, 1.82) is 0 Å². The molecule has 2 atom stereocenters. The monoisotopic (exact) mass is 186 g/mol. The number of aliphatic carboxylic acids is 2. The highest BCUT2D eigenvalue weighted by molar-refractivity contribution is 5.77. The summed E-state index contributed by atoms with van der Waals surface area (Å²) in [6.07, 6.45) is 1.87. The molecule has 4 heteroatoms. The van der Waals surface area contributed by atoms with Crippen LogP contribution >= 0.6 is 0 Å². The second-order valence-electron chi connectivity index (χ2n) is 3.18. The molecule has 0 aromatic rings. The van der Waals surface area contributed by atoms with E-state index in [0.29, 0.717) is 12.8 Å². The average molecular weight is 186 g/mol. The molecule has 0 aromatic heterocycles. The molecule has 13 heavy (non-hydrogen) atoms. The van der Waals surface area contributed by atoms with Crippen LogP contribution in [0.15, 0.2) is 0 Å². The first-order chi connectivity index (χ1) is 6.00. The molecule has 0 bridgehead atoms. The van der Waals surface area contributed by atoms with Crippen molar-refractivity contribution in [3.8, 4) is 0 Å². The van der Waals surface area contributed by atoms with Crippen molar-refractivity contribution in [3.05, 3.63) is 0 Å². The van der Waals surface area contributed by atoms with Crippen LogP contribution in [-0.4, -0.2) is 11.9 Å². The lowest BCUT2D eigenvalue weighted by Gasteiger charge is -2.25. The predicted octanol–water partition coefficient (Wildman–Crippen LogP) is -1.07. The maximum absolute atomic E-state index is 10.5. The number of carboxylic acids is 2. The highest BCUT2D eigenvalue weighted by Crippen LogP contribution is 2.17. The van der Waals surface area contributed by atoms with Crippen LogP contribution in [0.3, 0.4) is 0 Å². The van der Waals surface area contributed by atoms with Crippen molar-refractivity contribution in [1.82, 2.24) is 0 Å². The van der Waals surface area contributed by atoms with E-state index in [1.807, 2.05) is 6.92 Å². The third-order valence-corrected chi connectivity index (χ3v) is 2.15. The van der Waals surface area contributed by atoms with Gasteiger partial charge in [0.2, 0.25) is 0 Å². The number of carbonyl (C=O) groups is 2. The number of rotatable bonds is 6. The maximum Gasteiger partial charge on any atom is 0.0451 e. The Hall–Kier alpha value is -1.06. The standard InChI is InChI=1S/C9H16O4/c1-3-4-5-7(9(12)13)6(2)8(10)11/h6-7H,3-5H2,1-2H3,(H,10,11)(H,12,13)/p-2. The molecular weight excluding hydrogens is 172 g/mol. The number of carboxylic acid groups (broad SMARTS) is 2. The number of hydrogen-bond acceptors (Lipinski definition) is 4. The summed E-state index contributed by atoms with van der Waals surface area (Å²) in [5.41, 5.74) is 0. The lowest BCUT2D eigenvalue weighted by atomic mass is 9.89. The fourth-order valence-electron chi connectivity index (χ4n) is 1.16. The van der Waals surface area contributed by atoms with E-state index in [1.54, 1.807) is 0 Å². The number of hydrogen-bond donors (Lipinski definition) is 0. The molecule has 0 saturated carbocycles. The summed E-state index contributed by atoms with van der Waals surface area (Å²) in [5, 5.41) is 21.0. The van der Waals surface area contributed by atoms with Gasteiger partial charge < -0.3 is 19.8 Å². The zero-order valence-corrected chi connectivity index (χ0v) is 7.91. The van der Waals surface area contributed by atoms with Crippen molar-refractivity contribution < 1.29 is 19.8 Å². The quantitative estimate of drug-likeness (QED) is 0.529. The van der Waals surface area contributed by atoms with Crippen LogP contribution in [0, 0.1) is 11.8 Å². The molecule has 0 spiro atoms. The molecular formula is C9H14O4-2. The Labute approximate surface area is 77.6 Å². The number of unbranched alkanes of at least 4 members (excludes halogenated alkanes) is 1. The molecule has 0 N–H and O–H groups in total. The van der Waals surface area contributed by atoms with E-state index >= 15 is 0 Å². The van der Waals surface area contributed by atoms with Gasteiger partial charge in [0, 0.05) is 23.8 Å². The van der Waals surface area contributed by atoms with Crippen LogP contribution in [0.5, 0.6) is 0 Å². The van der Waals surface area contributed by atoms with Gasteiger partial charge in [0.05, 0.1) is 0 Å². The van der Waals surface area contributed by atoms with Gasteiger partial charge >= 0.3 is 0 Å². The Morgan fingerprint density at radius 1 is 1.23 bits per heavy atom. The van der Waals surface area contributed by atoms with E-state index in [4.69, 9.17) is 0 Å². The van der Waals surface area contributed by atoms with Crippen molar-refractivity contribution >= 4 is 11.9 Å². The van der Waals surface area contributed by atoms with E-state index in [2.05, 4.69) is 0 Å². The van der Waals surface area contributed by atoms with Crippen molar-refractivity contribution in [2.24, 2.45) is 11.8 Å². The lowest BCUT2D eigenvalue weighted by Crippen LogP contribution is -2.42. The van der Waals surface area contributed by atoms with E-state index in [0.717, 1.165) is 6.42 Å². The molecule has 0 aliphatic carbocycles. The minimum absolute atomic E-state index is 0.341. The van der Waals surface area contributed by atoms with Gasteiger partial charge in [-0.1, -0.05) is 26.7 Å². The Bertz CT molecular complexity index is 188. The lowest BCUT2D eigenvalue weighted by molar-refractivity contribution is -0.326. The molecule has 4 nitrogen and oxygen atoms in total. The van der Waals surface area contributed by atoms with Crippen molar-refractivity contribution in [2.75, 3.05) is 0 Å². The third-order valence-electron chi connectivity index (χ3n) is 2.15. The molecule has 76 valence electrons. The zero-order valence-electron chi connectivity index (χ0n) is 7.91. The molecule has 0 fully saturated rings. The first kappa shape index (κ1) is 11.9. The van der Waals surface area contributed by atoms with Crippen LogP contribution in [0.2, 0.25) is 0 Å². The predicted molar refractivity (Wildman–Crippen MR) is 42.2 cm³/mol. The minimum atomic E-state index is -1.33. The summed E-state index contributed by atoms with van der Waals surface area (Å²) in [4.78, 5) is 21.0. The fraction of sp³-hybridized carbons (Fsp3) is 0.778. The van der Waals surface area contributed by atoms with E-state index < -0.39 is 23.8 Å². The van der Waals surface area contributed by atoms with Gasteiger partial charge in [0.25, 0.3) is 0 Å². The topological polar surface area (TPSA) is 80.3 Å². The molecule has 0 radical (unpaired) electrons. The Morgan fingerprint density at radius 3 is 2.08 bits per heavy atom. The summed E-state index contributed by atoms with van der Waals surface area (Å²) in [6.45, 7) is 3.25. The van der Waals surface area contributed by atoms with Gasteiger partial charge in [-0.2, -0.15) is 0 Å². The Balaban J connectivity index is 4.24. The van der Waals surface area contributed by atoms with Crippen molar-refractivity contribution in [3.63, 3.8) is 0 Å². The minimum Gasteiger partial charge on any atom is -0.550 e. The van der Waals surface area contributed by atoms with Gasteiger partial charge in [0.1, 0.15) is 0 Å². The number of carbonyl (C=O) groups excluding carboxylic acids is 2. The van der Waals surface area contributed by atoms with Crippen LogP contribution in [0.1, 0.15) is 33.1 Å². The highest BCUT2D eigenvalue weighted by Gasteiger charge is 2.18. The molecule has 0 aromatic carbocycles. The molecule has 0 amide bonds. The first-order valence-electron chi connectivity index (χ1n) is 4.42. The second-order valence-corrected chi connectivity index (χ2v) is 3.18. The summed E-state index contributed by atoms with van der Waals surface area (Å²) in [6, 6.07) is 0. The summed E-state index contributed by atoms with van der Waals surface area (Å²) in [7, 11) is 0. The highest BCUT2D eigenvalue weighted by atomic mass is 16.4. The van der Waals surface area contributed by atoms with Gasteiger partial charge in [-0.05, 0) is 6.42 Å².